The van der Waals surface area contributed by atoms with Gasteiger partial charge in [-0.2, -0.15) is 0 Å². The molecule has 0 heterocycles. The molecule has 0 amide bonds. The minimum absolute atomic E-state index is 0.419. The zero-order valence-corrected chi connectivity index (χ0v) is 15.1. The molecule has 6 heteroatoms. The van der Waals surface area contributed by atoms with Gasteiger partial charge in [0.1, 0.15) is 13.6 Å². The lowest BCUT2D eigenvalue weighted by atomic mass is 9.98. The molecule has 25 heavy (non-hydrogen) atoms. The first kappa shape index (κ1) is 18.9. The van der Waals surface area contributed by atoms with Crippen molar-refractivity contribution < 1.29 is 23.7 Å². The highest BCUT2D eigenvalue weighted by Gasteiger charge is 2.20. The summed E-state index contributed by atoms with van der Waals surface area (Å²) in [7, 11) is 5.16. The van der Waals surface area contributed by atoms with Crippen LogP contribution in [0, 0.1) is 0 Å². The van der Waals surface area contributed by atoms with Gasteiger partial charge in [-0.05, 0) is 43.1 Å². The maximum absolute atomic E-state index is 11.6. The van der Waals surface area contributed by atoms with Gasteiger partial charge < -0.3 is 18.9 Å². The number of hydrogen-bond acceptors (Lipinski definition) is 5. The van der Waals surface area contributed by atoms with Crippen molar-refractivity contribution in [1.29, 1.82) is 0 Å². The minimum atomic E-state index is -0.419. The smallest absolute Gasteiger partial charge is 0.192 e. The molecule has 0 N–H and O–H groups in total. The molecule has 1 atom stereocenters. The summed E-state index contributed by atoms with van der Waals surface area (Å²) in [5, 5.41) is 0. The standard InChI is InChI=1S/C19H23BO5/c1-4-24-17(11-20)25-19-16(23-3)10-7-14(12-21)18(19)13-5-8-15(22-2)9-6-13/h5-10,12,17H,4,11,20H2,1-3H3. The Hall–Kier alpha value is -2.47. The molecule has 2 aromatic rings. The fraction of sp³-hybridized carbons (Fsp3) is 0.316. The van der Waals surface area contributed by atoms with Crippen LogP contribution in [-0.4, -0.2) is 41.2 Å². The Morgan fingerprint density at radius 3 is 2.32 bits per heavy atom. The SMILES string of the molecule is BCC(OCC)Oc1c(OC)ccc(C=O)c1-c1ccc(OC)cc1. The van der Waals surface area contributed by atoms with Crippen LogP contribution < -0.4 is 14.2 Å². The lowest BCUT2D eigenvalue weighted by molar-refractivity contribution is -0.0614. The highest BCUT2D eigenvalue weighted by Crippen LogP contribution is 2.41. The summed E-state index contributed by atoms with van der Waals surface area (Å²) in [6.07, 6.45) is 1.07. The number of carbonyl (C=O) groups excluding carboxylic acids is 1. The van der Waals surface area contributed by atoms with E-state index in [0.717, 1.165) is 17.6 Å². The lowest BCUT2D eigenvalue weighted by Gasteiger charge is -2.22. The molecular weight excluding hydrogens is 319 g/mol. The van der Waals surface area contributed by atoms with Gasteiger partial charge in [0.2, 0.25) is 0 Å². The monoisotopic (exact) mass is 342 g/mol. The van der Waals surface area contributed by atoms with E-state index in [2.05, 4.69) is 0 Å². The van der Waals surface area contributed by atoms with E-state index in [1.165, 1.54) is 0 Å². The number of aldehydes is 1. The van der Waals surface area contributed by atoms with E-state index in [9.17, 15) is 4.79 Å². The van der Waals surface area contributed by atoms with E-state index in [0.29, 0.717) is 35.6 Å². The maximum Gasteiger partial charge on any atom is 0.192 e. The van der Waals surface area contributed by atoms with Crippen molar-refractivity contribution in [2.45, 2.75) is 19.5 Å². The molecule has 1 unspecified atom stereocenters. The predicted octanol–water partition coefficient (Wildman–Crippen LogP) is 2.98. The number of benzene rings is 2. The maximum atomic E-state index is 11.6. The van der Waals surface area contributed by atoms with E-state index < -0.39 is 6.29 Å². The summed E-state index contributed by atoms with van der Waals surface area (Å²) in [5.74, 6) is 1.79. The second-order valence-electron chi connectivity index (χ2n) is 5.32. The molecule has 0 radical (unpaired) electrons. The van der Waals surface area contributed by atoms with E-state index >= 15 is 0 Å². The number of carbonyl (C=O) groups is 1. The van der Waals surface area contributed by atoms with Gasteiger partial charge in [0.25, 0.3) is 0 Å². The molecule has 0 spiro atoms. The number of ether oxygens (including phenoxy) is 4. The number of methoxy groups -OCH3 is 2. The highest BCUT2D eigenvalue weighted by atomic mass is 16.7. The van der Waals surface area contributed by atoms with E-state index in [-0.39, 0.29) is 0 Å². The third-order valence-corrected chi connectivity index (χ3v) is 3.81. The summed E-state index contributed by atoms with van der Waals surface area (Å²) in [4.78, 5) is 11.6. The van der Waals surface area contributed by atoms with Crippen LogP contribution in [0.3, 0.4) is 0 Å². The fourth-order valence-electron chi connectivity index (χ4n) is 2.56. The molecular formula is C19H23BO5. The number of rotatable bonds is 9. The van der Waals surface area contributed by atoms with Gasteiger partial charge in [-0.15, -0.1) is 0 Å². The van der Waals surface area contributed by atoms with Gasteiger partial charge in [-0.3, -0.25) is 4.79 Å². The average Bonchev–Trinajstić information content (AvgIpc) is 2.67. The highest BCUT2D eigenvalue weighted by molar-refractivity contribution is 6.08. The molecule has 0 bridgehead atoms. The fourth-order valence-corrected chi connectivity index (χ4v) is 2.56. The molecule has 132 valence electrons. The van der Waals surface area contributed by atoms with Crippen molar-refractivity contribution in [2.75, 3.05) is 20.8 Å². The first-order valence-electron chi connectivity index (χ1n) is 8.27. The van der Waals surface area contributed by atoms with Crippen LogP contribution in [0.15, 0.2) is 36.4 Å². The van der Waals surface area contributed by atoms with Gasteiger partial charge in [-0.1, -0.05) is 12.1 Å². The van der Waals surface area contributed by atoms with Crippen LogP contribution >= 0.6 is 0 Å². The van der Waals surface area contributed by atoms with Crippen molar-refractivity contribution in [3.63, 3.8) is 0 Å². The van der Waals surface area contributed by atoms with Gasteiger partial charge in [0.05, 0.1) is 14.2 Å². The molecule has 5 nitrogen and oxygen atoms in total. The third-order valence-electron chi connectivity index (χ3n) is 3.81. The van der Waals surface area contributed by atoms with Crippen molar-refractivity contribution in [3.8, 4) is 28.4 Å². The van der Waals surface area contributed by atoms with Gasteiger partial charge in [0.15, 0.2) is 24.1 Å². The Morgan fingerprint density at radius 2 is 1.80 bits per heavy atom. The molecule has 0 saturated heterocycles. The topological polar surface area (TPSA) is 54.0 Å². The van der Waals surface area contributed by atoms with E-state index in [4.69, 9.17) is 18.9 Å². The molecule has 2 aromatic carbocycles. The normalized spacial score (nSPS) is 11.6. The molecule has 0 aliphatic carbocycles. The summed E-state index contributed by atoms with van der Waals surface area (Å²) < 4.78 is 22.3. The quantitative estimate of drug-likeness (QED) is 0.398. The van der Waals surface area contributed by atoms with Crippen molar-refractivity contribution >= 4 is 14.1 Å². The van der Waals surface area contributed by atoms with Gasteiger partial charge >= 0.3 is 0 Å². The second-order valence-corrected chi connectivity index (χ2v) is 5.32. The van der Waals surface area contributed by atoms with Crippen LogP contribution in [0.5, 0.6) is 17.2 Å². The van der Waals surface area contributed by atoms with Crippen molar-refractivity contribution in [2.24, 2.45) is 0 Å². The van der Waals surface area contributed by atoms with Crippen LogP contribution in [0.4, 0.5) is 0 Å². The zero-order valence-electron chi connectivity index (χ0n) is 15.1. The van der Waals surface area contributed by atoms with Crippen LogP contribution in [-0.2, 0) is 4.74 Å². The van der Waals surface area contributed by atoms with E-state index in [1.807, 2.05) is 39.0 Å². The summed E-state index contributed by atoms with van der Waals surface area (Å²) >= 11 is 0. The van der Waals surface area contributed by atoms with Gasteiger partial charge in [0, 0.05) is 17.7 Å². The first-order valence-corrected chi connectivity index (χ1v) is 8.27. The first-order chi connectivity index (χ1) is 12.2. The lowest BCUT2D eigenvalue weighted by Crippen LogP contribution is -2.21. The van der Waals surface area contributed by atoms with Crippen molar-refractivity contribution in [1.82, 2.24) is 0 Å². The number of hydrogen-bond donors (Lipinski definition) is 0. The van der Waals surface area contributed by atoms with Crippen LogP contribution in [0.1, 0.15) is 17.3 Å². The molecule has 0 aliphatic heterocycles. The average molecular weight is 342 g/mol. The summed E-state index contributed by atoms with van der Waals surface area (Å²) in [6, 6.07) is 10.9. The largest absolute Gasteiger partial charge is 0.497 e. The Bertz CT molecular complexity index is 700. The van der Waals surface area contributed by atoms with Crippen LogP contribution in [0.2, 0.25) is 6.32 Å². The molecule has 0 aromatic heterocycles. The molecule has 2 rings (SSSR count). The Morgan fingerprint density at radius 1 is 1.08 bits per heavy atom. The van der Waals surface area contributed by atoms with Crippen LogP contribution in [0.25, 0.3) is 11.1 Å². The summed E-state index contributed by atoms with van der Waals surface area (Å²) in [6.45, 7) is 2.45. The third kappa shape index (κ3) is 4.34. The van der Waals surface area contributed by atoms with E-state index in [1.54, 1.807) is 26.4 Å². The minimum Gasteiger partial charge on any atom is -0.497 e. The molecule has 0 fully saturated rings. The Labute approximate surface area is 149 Å². The predicted molar refractivity (Wildman–Crippen MR) is 99.8 cm³/mol. The van der Waals surface area contributed by atoms with Gasteiger partial charge in [-0.25, -0.2) is 0 Å². The molecule has 0 aliphatic rings. The zero-order chi connectivity index (χ0) is 18.2. The Balaban J connectivity index is 2.58. The summed E-state index contributed by atoms with van der Waals surface area (Å²) in [5.41, 5.74) is 2.03. The molecule has 0 saturated carbocycles. The Kier molecular flexibility index (Phi) is 6.89. The van der Waals surface area contributed by atoms with Crippen molar-refractivity contribution in [3.05, 3.63) is 42.0 Å². The second kappa shape index (κ2) is 9.13.